The Kier molecular flexibility index (Phi) is 6.60. The first-order chi connectivity index (χ1) is 28.8. The molecular weight excluding hydrogens is 725 g/mol. The standard InChI is InChI=1S/C54H32N2OS/c1-2-13-33(14-3-1)36-28-29-42-38-16-5-8-20-45(38)55(35-26-30-51-44(32-35)41-18-7-11-24-50(41)58-51)53(42)52(36)34-25-27-39-37-15-4-9-21-46(37)56(48(39)31-34)47-22-12-19-43-40-17-6-10-23-49(40)57-54(43)47/h1-32H. The van der Waals surface area contributed by atoms with Crippen LogP contribution >= 0.6 is 11.3 Å². The lowest BCUT2D eigenvalue weighted by Gasteiger charge is -2.17. The number of furan rings is 1. The summed E-state index contributed by atoms with van der Waals surface area (Å²) in [5, 5.41) is 9.71. The highest BCUT2D eigenvalue weighted by Gasteiger charge is 2.23. The van der Waals surface area contributed by atoms with Crippen molar-refractivity contribution in [3.8, 4) is 33.6 Å². The highest BCUT2D eigenvalue weighted by atomic mass is 32.1. The number of aromatic nitrogens is 2. The summed E-state index contributed by atoms with van der Waals surface area (Å²) in [6.07, 6.45) is 0. The maximum Gasteiger partial charge on any atom is 0.159 e. The maximum absolute atomic E-state index is 6.68. The third-order valence-corrected chi connectivity index (χ3v) is 13.3. The van der Waals surface area contributed by atoms with Crippen molar-refractivity contribution in [2.75, 3.05) is 0 Å². The minimum atomic E-state index is 0.889. The molecule has 0 bridgehead atoms. The van der Waals surface area contributed by atoms with E-state index in [2.05, 4.69) is 197 Å². The quantitative estimate of drug-likeness (QED) is 0.175. The maximum atomic E-state index is 6.68. The molecule has 3 nitrogen and oxygen atoms in total. The van der Waals surface area contributed by atoms with E-state index >= 15 is 0 Å². The summed E-state index contributed by atoms with van der Waals surface area (Å²) < 4.78 is 14.2. The molecule has 0 aliphatic rings. The van der Waals surface area contributed by atoms with Crippen molar-refractivity contribution in [2.24, 2.45) is 0 Å². The fourth-order valence-electron chi connectivity index (χ4n) is 9.62. The Balaban J connectivity index is 1.16. The molecule has 9 aromatic carbocycles. The van der Waals surface area contributed by atoms with Gasteiger partial charge in [0.2, 0.25) is 0 Å². The Morgan fingerprint density at radius 2 is 1.03 bits per heavy atom. The number of benzene rings is 9. The average molecular weight is 757 g/mol. The topological polar surface area (TPSA) is 23.0 Å². The molecule has 0 radical (unpaired) electrons. The smallest absolute Gasteiger partial charge is 0.159 e. The Labute approximate surface area is 336 Å². The highest BCUT2D eigenvalue weighted by Crippen LogP contribution is 2.46. The third kappa shape index (κ3) is 4.43. The van der Waals surface area contributed by atoms with Gasteiger partial charge < -0.3 is 13.6 Å². The molecule has 270 valence electrons. The molecule has 0 fully saturated rings. The summed E-state index contributed by atoms with van der Waals surface area (Å²) in [7, 11) is 0. The molecule has 0 unspecified atom stereocenters. The molecule has 0 amide bonds. The van der Waals surface area contributed by atoms with Gasteiger partial charge in [-0.3, -0.25) is 0 Å². The van der Waals surface area contributed by atoms with Crippen LogP contribution in [-0.2, 0) is 0 Å². The van der Waals surface area contributed by atoms with Gasteiger partial charge in [-0.15, -0.1) is 11.3 Å². The SMILES string of the molecule is c1ccc(-c2ccc3c4ccccc4n(-c4ccc5sc6ccccc6c5c4)c3c2-c2ccc3c4ccccc4n(-c4cccc5c4oc4ccccc45)c3c2)cc1. The molecule has 0 atom stereocenters. The van der Waals surface area contributed by atoms with Crippen molar-refractivity contribution in [3.05, 3.63) is 194 Å². The second-order valence-electron chi connectivity index (χ2n) is 15.2. The van der Waals surface area contributed by atoms with Crippen molar-refractivity contribution in [3.63, 3.8) is 0 Å². The van der Waals surface area contributed by atoms with Gasteiger partial charge in [0.25, 0.3) is 0 Å². The van der Waals surface area contributed by atoms with Crippen LogP contribution in [0.1, 0.15) is 0 Å². The van der Waals surface area contributed by atoms with Gasteiger partial charge in [0.1, 0.15) is 5.58 Å². The largest absolute Gasteiger partial charge is 0.454 e. The molecular formula is C54H32N2OS. The zero-order valence-corrected chi connectivity index (χ0v) is 32.0. The molecule has 4 heteroatoms. The summed E-state index contributed by atoms with van der Waals surface area (Å²) in [5.74, 6) is 0. The molecule has 0 aliphatic heterocycles. The number of nitrogens with zero attached hydrogens (tertiary/aromatic N) is 2. The van der Waals surface area contributed by atoms with E-state index in [0.29, 0.717) is 0 Å². The molecule has 0 spiro atoms. The van der Waals surface area contributed by atoms with Crippen LogP contribution in [0.25, 0.3) is 119 Å². The van der Waals surface area contributed by atoms with Crippen molar-refractivity contribution in [1.29, 1.82) is 0 Å². The van der Waals surface area contributed by atoms with Crippen LogP contribution < -0.4 is 0 Å². The van der Waals surface area contributed by atoms with E-state index in [1.54, 1.807) is 0 Å². The van der Waals surface area contributed by atoms with E-state index in [-0.39, 0.29) is 0 Å². The number of para-hydroxylation sites is 4. The van der Waals surface area contributed by atoms with Crippen LogP contribution in [0.4, 0.5) is 0 Å². The molecule has 13 aromatic rings. The summed E-state index contributed by atoms with van der Waals surface area (Å²) in [4.78, 5) is 0. The minimum absolute atomic E-state index is 0.889. The van der Waals surface area contributed by atoms with Gasteiger partial charge >= 0.3 is 0 Å². The normalized spacial score (nSPS) is 12.1. The summed E-state index contributed by atoms with van der Waals surface area (Å²) in [6, 6.07) is 70.8. The first-order valence-corrected chi connectivity index (χ1v) is 20.6. The zero-order valence-electron chi connectivity index (χ0n) is 31.2. The van der Waals surface area contributed by atoms with Crippen LogP contribution in [0, 0.1) is 0 Å². The van der Waals surface area contributed by atoms with Crippen LogP contribution in [0.5, 0.6) is 0 Å². The Morgan fingerprint density at radius 1 is 0.379 bits per heavy atom. The second-order valence-corrected chi connectivity index (χ2v) is 16.3. The molecule has 0 aliphatic carbocycles. The Morgan fingerprint density at radius 3 is 1.90 bits per heavy atom. The number of thiophene rings is 1. The van der Waals surface area contributed by atoms with E-state index in [4.69, 9.17) is 4.42 Å². The molecule has 58 heavy (non-hydrogen) atoms. The average Bonchev–Trinajstić information content (AvgIpc) is 4.04. The summed E-state index contributed by atoms with van der Waals surface area (Å²) in [5.41, 5.74) is 13.4. The number of hydrogen-bond acceptors (Lipinski definition) is 2. The van der Waals surface area contributed by atoms with Crippen LogP contribution in [0.2, 0.25) is 0 Å². The molecule has 0 N–H and O–H groups in total. The fourth-order valence-corrected chi connectivity index (χ4v) is 10.7. The number of rotatable bonds is 4. The highest BCUT2D eigenvalue weighted by molar-refractivity contribution is 7.25. The van der Waals surface area contributed by atoms with Gasteiger partial charge in [0.15, 0.2) is 5.58 Å². The first kappa shape index (κ1) is 31.8. The van der Waals surface area contributed by atoms with Crippen molar-refractivity contribution in [2.45, 2.75) is 0 Å². The lowest BCUT2D eigenvalue weighted by molar-refractivity contribution is 0.666. The van der Waals surface area contributed by atoms with Crippen LogP contribution in [0.3, 0.4) is 0 Å². The van der Waals surface area contributed by atoms with E-state index in [9.17, 15) is 0 Å². The molecule has 13 rings (SSSR count). The number of fused-ring (bicyclic) bond motifs is 12. The third-order valence-electron chi connectivity index (χ3n) is 12.1. The van der Waals surface area contributed by atoms with Crippen LogP contribution in [-0.4, -0.2) is 9.13 Å². The minimum Gasteiger partial charge on any atom is -0.454 e. The first-order valence-electron chi connectivity index (χ1n) is 19.8. The summed E-state index contributed by atoms with van der Waals surface area (Å²) >= 11 is 1.86. The molecule has 0 saturated carbocycles. The van der Waals surface area contributed by atoms with Crippen molar-refractivity contribution in [1.82, 2.24) is 9.13 Å². The monoisotopic (exact) mass is 756 g/mol. The van der Waals surface area contributed by atoms with Crippen LogP contribution in [0.15, 0.2) is 199 Å². The summed E-state index contributed by atoms with van der Waals surface area (Å²) in [6.45, 7) is 0. The lowest BCUT2D eigenvalue weighted by atomic mass is 9.91. The van der Waals surface area contributed by atoms with E-state index in [1.807, 2.05) is 17.4 Å². The van der Waals surface area contributed by atoms with Gasteiger partial charge in [-0.25, -0.2) is 0 Å². The molecule has 4 aromatic heterocycles. The van der Waals surface area contributed by atoms with Gasteiger partial charge in [-0.05, 0) is 71.3 Å². The van der Waals surface area contributed by atoms with Gasteiger partial charge in [0.05, 0.1) is 27.8 Å². The molecule has 4 heterocycles. The Hall–Kier alpha value is -7.40. The lowest BCUT2D eigenvalue weighted by Crippen LogP contribution is -1.98. The second kappa shape index (κ2) is 12.1. The predicted molar refractivity (Wildman–Crippen MR) is 246 cm³/mol. The van der Waals surface area contributed by atoms with E-state index in [0.717, 1.165) is 49.9 Å². The van der Waals surface area contributed by atoms with E-state index < -0.39 is 0 Å². The van der Waals surface area contributed by atoms with Crippen molar-refractivity contribution >= 4 is 97.1 Å². The van der Waals surface area contributed by atoms with E-state index in [1.165, 1.54) is 69.4 Å². The Bertz CT molecular complexity index is 3800. The van der Waals surface area contributed by atoms with Gasteiger partial charge in [0, 0.05) is 63.7 Å². The van der Waals surface area contributed by atoms with Gasteiger partial charge in [-0.2, -0.15) is 0 Å². The van der Waals surface area contributed by atoms with Gasteiger partial charge in [-0.1, -0.05) is 140 Å². The molecule has 0 saturated heterocycles. The predicted octanol–water partition coefficient (Wildman–Crippen LogP) is 15.5. The number of hydrogen-bond donors (Lipinski definition) is 0. The van der Waals surface area contributed by atoms with Crippen molar-refractivity contribution < 1.29 is 4.42 Å². The fraction of sp³-hybridized carbons (Fsp3) is 0. The zero-order chi connectivity index (χ0) is 37.9.